The third-order valence-corrected chi connectivity index (χ3v) is 4.97. The Morgan fingerprint density at radius 1 is 1.20 bits per heavy atom. The molecule has 1 aromatic carbocycles. The van der Waals surface area contributed by atoms with Crippen molar-refractivity contribution in [3.63, 3.8) is 0 Å². The zero-order chi connectivity index (χ0) is 22.0. The summed E-state index contributed by atoms with van der Waals surface area (Å²) in [4.78, 5) is 26.5. The number of aryl methyl sites for hydroxylation is 2. The average molecular weight is 431 g/mol. The van der Waals surface area contributed by atoms with Crippen molar-refractivity contribution in [2.75, 3.05) is 19.4 Å². The Balaban J connectivity index is 1.71. The predicted octanol–water partition coefficient (Wildman–Crippen LogP) is 2.88. The summed E-state index contributed by atoms with van der Waals surface area (Å²) in [6.45, 7) is 3.79. The predicted molar refractivity (Wildman–Crippen MR) is 113 cm³/mol. The van der Waals surface area contributed by atoms with Crippen molar-refractivity contribution in [3.05, 3.63) is 58.1 Å². The lowest BCUT2D eigenvalue weighted by molar-refractivity contribution is 0.0822. The van der Waals surface area contributed by atoms with Crippen LogP contribution in [0.5, 0.6) is 5.75 Å². The van der Waals surface area contributed by atoms with Crippen LogP contribution in [-0.2, 0) is 13.8 Å². The summed E-state index contributed by atoms with van der Waals surface area (Å²) in [5, 5.41) is 11.9. The zero-order valence-electron chi connectivity index (χ0n) is 17.4. The normalized spacial score (nSPS) is 10.7. The lowest BCUT2D eigenvalue weighted by Crippen LogP contribution is -2.24. The van der Waals surface area contributed by atoms with Crippen molar-refractivity contribution < 1.29 is 14.3 Å². The average Bonchev–Trinajstić information content (AvgIpc) is 3.28. The van der Waals surface area contributed by atoms with E-state index >= 15 is 0 Å². The van der Waals surface area contributed by atoms with E-state index in [0.717, 1.165) is 5.56 Å². The number of rotatable bonds is 6. The molecule has 0 aliphatic rings. The minimum Gasteiger partial charge on any atom is -0.471 e. The van der Waals surface area contributed by atoms with Gasteiger partial charge in [-0.05, 0) is 43.7 Å². The fourth-order valence-corrected chi connectivity index (χ4v) is 2.82. The Labute approximate surface area is 179 Å². The molecule has 3 aromatic rings. The van der Waals surface area contributed by atoms with Crippen LogP contribution in [0, 0.1) is 13.8 Å². The second-order valence-electron chi connectivity index (χ2n) is 7.01. The Bertz CT molecular complexity index is 1100. The van der Waals surface area contributed by atoms with E-state index in [1.807, 2.05) is 13.0 Å². The highest BCUT2D eigenvalue weighted by atomic mass is 35.5. The molecule has 0 saturated heterocycles. The van der Waals surface area contributed by atoms with Gasteiger partial charge in [-0.25, -0.2) is 4.68 Å². The molecule has 30 heavy (non-hydrogen) atoms. The quantitative estimate of drug-likeness (QED) is 0.648. The highest BCUT2D eigenvalue weighted by Crippen LogP contribution is 2.22. The molecule has 0 radical (unpaired) electrons. The fourth-order valence-electron chi connectivity index (χ4n) is 2.70. The molecule has 0 saturated carbocycles. The molecule has 2 amide bonds. The minimum absolute atomic E-state index is 0.130. The second kappa shape index (κ2) is 8.58. The Kier molecular flexibility index (Phi) is 6.12. The number of hydrogen-bond donors (Lipinski definition) is 1. The smallest absolute Gasteiger partial charge is 0.276 e. The van der Waals surface area contributed by atoms with Crippen LogP contribution in [0.15, 0.2) is 30.5 Å². The number of ether oxygens (including phenoxy) is 1. The maximum absolute atomic E-state index is 12.7. The van der Waals surface area contributed by atoms with E-state index in [-0.39, 0.29) is 24.0 Å². The van der Waals surface area contributed by atoms with Crippen molar-refractivity contribution in [2.24, 2.45) is 7.05 Å². The van der Waals surface area contributed by atoms with Crippen molar-refractivity contribution in [1.29, 1.82) is 0 Å². The lowest BCUT2D eigenvalue weighted by Gasteiger charge is -2.10. The van der Waals surface area contributed by atoms with Crippen molar-refractivity contribution in [3.8, 4) is 5.75 Å². The number of halogens is 1. The number of aromatic nitrogens is 4. The first-order chi connectivity index (χ1) is 14.2. The Morgan fingerprint density at radius 3 is 2.60 bits per heavy atom. The van der Waals surface area contributed by atoms with Gasteiger partial charge in [-0.1, -0.05) is 11.6 Å². The summed E-state index contributed by atoms with van der Waals surface area (Å²) in [5.41, 5.74) is 2.30. The zero-order valence-corrected chi connectivity index (χ0v) is 18.2. The first-order valence-corrected chi connectivity index (χ1v) is 9.54. The van der Waals surface area contributed by atoms with E-state index in [9.17, 15) is 9.59 Å². The van der Waals surface area contributed by atoms with Crippen LogP contribution >= 0.6 is 11.6 Å². The van der Waals surface area contributed by atoms with Gasteiger partial charge in [0.2, 0.25) is 0 Å². The van der Waals surface area contributed by atoms with Crippen LogP contribution in [-0.4, -0.2) is 50.4 Å². The summed E-state index contributed by atoms with van der Waals surface area (Å²) in [5.74, 6) is -0.0950. The molecule has 0 fully saturated rings. The van der Waals surface area contributed by atoms with Crippen LogP contribution in [0.3, 0.4) is 0 Å². The van der Waals surface area contributed by atoms with Gasteiger partial charge in [0.25, 0.3) is 11.8 Å². The molecule has 0 unspecified atom stereocenters. The highest BCUT2D eigenvalue weighted by molar-refractivity contribution is 6.31. The molecular formula is C20H23ClN6O3. The summed E-state index contributed by atoms with van der Waals surface area (Å²) < 4.78 is 8.73. The topological polar surface area (TPSA) is 94.3 Å². The van der Waals surface area contributed by atoms with Gasteiger partial charge in [0.1, 0.15) is 5.75 Å². The van der Waals surface area contributed by atoms with Crippen molar-refractivity contribution in [2.45, 2.75) is 20.6 Å². The van der Waals surface area contributed by atoms with Crippen molar-refractivity contribution >= 4 is 29.1 Å². The van der Waals surface area contributed by atoms with Crippen LogP contribution in [0.25, 0.3) is 0 Å². The number of nitrogens with one attached hydrogen (secondary N) is 1. The maximum Gasteiger partial charge on any atom is 0.276 e. The van der Waals surface area contributed by atoms with Crippen LogP contribution in [0.2, 0.25) is 5.02 Å². The van der Waals surface area contributed by atoms with Gasteiger partial charge in [0.05, 0.1) is 11.4 Å². The second-order valence-corrected chi connectivity index (χ2v) is 7.42. The molecule has 0 bridgehead atoms. The molecule has 0 aliphatic carbocycles. The van der Waals surface area contributed by atoms with Gasteiger partial charge < -0.3 is 15.0 Å². The van der Waals surface area contributed by atoms with E-state index < -0.39 is 5.91 Å². The largest absolute Gasteiger partial charge is 0.471 e. The molecule has 2 heterocycles. The molecule has 0 atom stereocenters. The Morgan fingerprint density at radius 2 is 1.93 bits per heavy atom. The van der Waals surface area contributed by atoms with Gasteiger partial charge in [0, 0.05) is 32.4 Å². The number of hydrogen-bond acceptors (Lipinski definition) is 5. The van der Waals surface area contributed by atoms with E-state index in [1.54, 1.807) is 57.1 Å². The van der Waals surface area contributed by atoms with Gasteiger partial charge in [-0.3, -0.25) is 14.3 Å². The lowest BCUT2D eigenvalue weighted by atomic mass is 10.2. The van der Waals surface area contributed by atoms with Gasteiger partial charge in [0.15, 0.2) is 18.1 Å². The highest BCUT2D eigenvalue weighted by Gasteiger charge is 2.23. The fraction of sp³-hybridized carbons (Fsp3) is 0.300. The van der Waals surface area contributed by atoms with E-state index in [2.05, 4.69) is 15.5 Å². The number of nitrogens with zero attached hydrogens (tertiary/aromatic N) is 5. The molecule has 2 aromatic heterocycles. The summed E-state index contributed by atoms with van der Waals surface area (Å²) in [6, 6.07) is 6.93. The molecule has 0 aliphatic heterocycles. The number of carbonyl (C=O) groups is 2. The third-order valence-electron chi connectivity index (χ3n) is 4.55. The summed E-state index contributed by atoms with van der Waals surface area (Å²) in [7, 11) is 4.96. The number of amides is 2. The Hall–Kier alpha value is -3.33. The first-order valence-electron chi connectivity index (χ1n) is 9.16. The van der Waals surface area contributed by atoms with E-state index in [0.29, 0.717) is 22.2 Å². The molecule has 158 valence electrons. The molecule has 9 nitrogen and oxygen atoms in total. The van der Waals surface area contributed by atoms with E-state index in [1.165, 1.54) is 9.58 Å². The van der Waals surface area contributed by atoms with Crippen LogP contribution in [0.4, 0.5) is 5.69 Å². The maximum atomic E-state index is 12.7. The summed E-state index contributed by atoms with van der Waals surface area (Å²) in [6.07, 6.45) is 1.64. The standard InChI is InChI=1S/C20H23ClN6O3/c1-12-10-14(6-7-15(12)21)30-11-27-9-8-16(23-27)19(28)22-17-13(2)26(5)24-18(17)20(29)25(3)4/h6-10H,11H2,1-5H3,(H,22,28). The molecule has 0 spiro atoms. The number of benzene rings is 1. The van der Waals surface area contributed by atoms with Gasteiger partial charge in [-0.2, -0.15) is 10.2 Å². The van der Waals surface area contributed by atoms with Gasteiger partial charge in [-0.15, -0.1) is 0 Å². The van der Waals surface area contributed by atoms with Gasteiger partial charge >= 0.3 is 0 Å². The number of anilines is 1. The monoisotopic (exact) mass is 430 g/mol. The third kappa shape index (κ3) is 4.46. The molecular weight excluding hydrogens is 408 g/mol. The minimum atomic E-state index is -0.444. The van der Waals surface area contributed by atoms with E-state index in [4.69, 9.17) is 16.3 Å². The molecule has 1 N–H and O–H groups in total. The SMILES string of the molecule is Cc1cc(OCn2ccc(C(=O)Nc3c(C(=O)N(C)C)nn(C)c3C)n2)ccc1Cl. The van der Waals surface area contributed by atoms with Crippen LogP contribution in [0.1, 0.15) is 32.2 Å². The first kappa shape index (κ1) is 21.4. The summed E-state index contributed by atoms with van der Waals surface area (Å²) >= 11 is 6.02. The van der Waals surface area contributed by atoms with Crippen molar-refractivity contribution in [1.82, 2.24) is 24.5 Å². The number of carbonyl (C=O) groups excluding carboxylic acids is 2. The molecule has 10 heteroatoms. The molecule has 3 rings (SSSR count). The van der Waals surface area contributed by atoms with Crippen LogP contribution < -0.4 is 10.1 Å².